The van der Waals surface area contributed by atoms with Crippen LogP contribution in [0, 0.1) is 0 Å². The van der Waals surface area contributed by atoms with Gasteiger partial charge in [-0.15, -0.1) is 0 Å². The number of hydrogen-bond acceptors (Lipinski definition) is 5. The van der Waals surface area contributed by atoms with Crippen LogP contribution in [0.25, 0.3) is 5.69 Å². The highest BCUT2D eigenvalue weighted by molar-refractivity contribution is 6.06. The molecule has 1 heterocycles. The lowest BCUT2D eigenvalue weighted by Gasteiger charge is -2.20. The van der Waals surface area contributed by atoms with Crippen LogP contribution in [0.5, 0.6) is 5.75 Å². The van der Waals surface area contributed by atoms with Crippen molar-refractivity contribution in [2.45, 2.75) is 13.1 Å². The Kier molecular flexibility index (Phi) is 6.52. The molecule has 7 nitrogen and oxygen atoms in total. The van der Waals surface area contributed by atoms with Crippen LogP contribution in [-0.4, -0.2) is 42.4 Å². The zero-order chi connectivity index (χ0) is 23.5. The molecule has 0 aliphatic heterocycles. The van der Waals surface area contributed by atoms with E-state index in [0.29, 0.717) is 16.1 Å². The first kappa shape index (κ1) is 22.9. The molecule has 0 N–H and O–H groups in total. The molecule has 0 aliphatic rings. The second kappa shape index (κ2) is 9.13. The summed E-state index contributed by atoms with van der Waals surface area (Å²) in [4.78, 5) is 26.2. The fourth-order valence-electron chi connectivity index (χ4n) is 3.13. The van der Waals surface area contributed by atoms with Crippen molar-refractivity contribution in [1.82, 2.24) is 9.78 Å². The predicted molar refractivity (Wildman–Crippen MR) is 110 cm³/mol. The van der Waals surface area contributed by atoms with Gasteiger partial charge in [-0.3, -0.25) is 4.79 Å². The van der Waals surface area contributed by atoms with Gasteiger partial charge in [-0.25, -0.2) is 9.48 Å². The highest BCUT2D eigenvalue weighted by atomic mass is 19.4. The third-order valence-electron chi connectivity index (χ3n) is 4.64. The second-order valence-electron chi connectivity index (χ2n) is 6.62. The van der Waals surface area contributed by atoms with Gasteiger partial charge in [0.1, 0.15) is 11.3 Å². The largest absolute Gasteiger partial charge is 0.495 e. The van der Waals surface area contributed by atoms with E-state index in [4.69, 9.17) is 9.47 Å². The maximum Gasteiger partial charge on any atom is 0.434 e. The third kappa shape index (κ3) is 4.43. The quantitative estimate of drug-likeness (QED) is 0.525. The maximum absolute atomic E-state index is 13.7. The van der Waals surface area contributed by atoms with Gasteiger partial charge >= 0.3 is 12.1 Å². The molecule has 1 aromatic heterocycles. The Morgan fingerprint density at radius 3 is 2.34 bits per heavy atom. The number of esters is 1. The fourth-order valence-corrected chi connectivity index (χ4v) is 3.13. The van der Waals surface area contributed by atoms with Crippen LogP contribution in [0.1, 0.15) is 33.3 Å². The first-order valence-corrected chi connectivity index (χ1v) is 9.52. The average Bonchev–Trinajstić information content (AvgIpc) is 3.24. The number of carbonyl (C=O) groups excluding carboxylic acids is 2. The molecule has 32 heavy (non-hydrogen) atoms. The zero-order valence-corrected chi connectivity index (χ0v) is 17.5. The summed E-state index contributed by atoms with van der Waals surface area (Å²) in [6.45, 7) is 1.42. The summed E-state index contributed by atoms with van der Waals surface area (Å²) in [6.07, 6.45) is -4.04. The molecule has 0 aliphatic carbocycles. The van der Waals surface area contributed by atoms with Gasteiger partial charge in [0.25, 0.3) is 5.91 Å². The lowest BCUT2D eigenvalue weighted by Crippen LogP contribution is -2.26. The minimum absolute atomic E-state index is 0.0318. The van der Waals surface area contributed by atoms with Crippen molar-refractivity contribution < 1.29 is 32.2 Å². The minimum atomic E-state index is -4.85. The van der Waals surface area contributed by atoms with Crippen molar-refractivity contribution in [2.24, 2.45) is 0 Å². The monoisotopic (exact) mass is 447 g/mol. The normalized spacial score (nSPS) is 11.2. The molecular weight excluding hydrogens is 427 g/mol. The van der Waals surface area contributed by atoms with Crippen LogP contribution in [0.3, 0.4) is 0 Å². The van der Waals surface area contributed by atoms with E-state index in [-0.39, 0.29) is 23.8 Å². The van der Waals surface area contributed by atoms with E-state index in [9.17, 15) is 22.8 Å². The van der Waals surface area contributed by atoms with Crippen LogP contribution in [0.15, 0.2) is 54.7 Å². The van der Waals surface area contributed by atoms with Crippen LogP contribution in [0.2, 0.25) is 0 Å². The summed E-state index contributed by atoms with van der Waals surface area (Å²) in [5.41, 5.74) is -1.12. The lowest BCUT2D eigenvalue weighted by atomic mass is 10.1. The summed E-state index contributed by atoms with van der Waals surface area (Å²) in [7, 11) is 3.05. The Hall–Kier alpha value is -3.82. The topological polar surface area (TPSA) is 73.7 Å². The molecule has 0 atom stereocenters. The van der Waals surface area contributed by atoms with Crippen molar-refractivity contribution >= 4 is 17.6 Å². The van der Waals surface area contributed by atoms with E-state index in [1.807, 2.05) is 0 Å². The van der Waals surface area contributed by atoms with E-state index < -0.39 is 23.4 Å². The Bertz CT molecular complexity index is 1120. The number of hydrogen-bond donors (Lipinski definition) is 0. The number of aromatic nitrogens is 2. The number of alkyl halides is 3. The number of benzene rings is 2. The van der Waals surface area contributed by atoms with Crippen molar-refractivity contribution in [2.75, 3.05) is 25.7 Å². The number of nitrogens with zero attached hydrogens (tertiary/aromatic N) is 3. The first-order valence-electron chi connectivity index (χ1n) is 9.52. The van der Waals surface area contributed by atoms with Gasteiger partial charge in [0.15, 0.2) is 5.69 Å². The Labute approximate surface area is 182 Å². The maximum atomic E-state index is 13.7. The Balaban J connectivity index is 1.94. The first-order chi connectivity index (χ1) is 15.2. The van der Waals surface area contributed by atoms with Crippen LogP contribution < -0.4 is 9.64 Å². The number of carbonyl (C=O) groups is 2. The van der Waals surface area contributed by atoms with Crippen LogP contribution in [0.4, 0.5) is 18.9 Å². The van der Waals surface area contributed by atoms with Crippen molar-refractivity contribution in [1.29, 1.82) is 0 Å². The van der Waals surface area contributed by atoms with Crippen molar-refractivity contribution in [3.63, 3.8) is 0 Å². The van der Waals surface area contributed by atoms with Crippen LogP contribution >= 0.6 is 0 Å². The molecule has 0 unspecified atom stereocenters. The summed E-state index contributed by atoms with van der Waals surface area (Å²) in [5, 5.41) is 3.72. The predicted octanol–water partition coefficient (Wildman–Crippen LogP) is 4.35. The van der Waals surface area contributed by atoms with E-state index in [1.165, 1.54) is 43.2 Å². The van der Waals surface area contributed by atoms with Gasteiger partial charge in [-0.1, -0.05) is 12.1 Å². The van der Waals surface area contributed by atoms with E-state index in [2.05, 4.69) is 5.10 Å². The van der Waals surface area contributed by atoms with Gasteiger partial charge in [-0.05, 0) is 43.3 Å². The van der Waals surface area contributed by atoms with Gasteiger partial charge in [0.05, 0.1) is 31.3 Å². The molecule has 0 saturated heterocycles. The minimum Gasteiger partial charge on any atom is -0.495 e. The molecule has 0 saturated carbocycles. The van der Waals surface area contributed by atoms with Crippen molar-refractivity contribution in [3.8, 4) is 11.4 Å². The molecule has 168 valence electrons. The van der Waals surface area contributed by atoms with Gasteiger partial charge in [-0.2, -0.15) is 18.3 Å². The molecule has 3 rings (SSSR count). The number of anilines is 1. The summed E-state index contributed by atoms with van der Waals surface area (Å²) in [5.74, 6) is -1.00. The molecule has 0 bridgehead atoms. The Morgan fingerprint density at radius 2 is 1.75 bits per heavy atom. The number of rotatable bonds is 6. The third-order valence-corrected chi connectivity index (χ3v) is 4.64. The van der Waals surface area contributed by atoms with Crippen LogP contribution in [-0.2, 0) is 10.9 Å². The highest BCUT2D eigenvalue weighted by Crippen LogP contribution is 2.34. The van der Waals surface area contributed by atoms with E-state index in [1.54, 1.807) is 31.3 Å². The van der Waals surface area contributed by atoms with Gasteiger partial charge in [0.2, 0.25) is 0 Å². The summed E-state index contributed by atoms with van der Waals surface area (Å²) >= 11 is 0. The molecule has 0 radical (unpaired) electrons. The number of methoxy groups -OCH3 is 1. The summed E-state index contributed by atoms with van der Waals surface area (Å²) < 4.78 is 51.5. The van der Waals surface area contributed by atoms with Gasteiger partial charge < -0.3 is 14.4 Å². The number of amides is 1. The van der Waals surface area contributed by atoms with Crippen molar-refractivity contribution in [3.05, 3.63) is 71.5 Å². The zero-order valence-electron chi connectivity index (χ0n) is 17.5. The second-order valence-corrected chi connectivity index (χ2v) is 6.62. The standard InChI is InChI=1S/C22H20F3N3O4/c1-4-32-21(30)16-13-26-28(19(16)22(23,24)25)15-11-9-14(10-12-15)20(29)27(2)17-7-5-6-8-18(17)31-3/h5-13H,4H2,1-3H3. The molecule has 10 heteroatoms. The number of ether oxygens (including phenoxy) is 2. The SMILES string of the molecule is CCOC(=O)c1cnn(-c2ccc(C(=O)N(C)c3ccccc3OC)cc2)c1C(F)(F)F. The Morgan fingerprint density at radius 1 is 1.09 bits per heavy atom. The molecule has 2 aromatic carbocycles. The van der Waals surface area contributed by atoms with Gasteiger partial charge in [0, 0.05) is 12.6 Å². The molecule has 0 fully saturated rings. The fraction of sp³-hybridized carbons (Fsp3) is 0.227. The number of halogens is 3. The molecule has 0 spiro atoms. The molecule has 1 amide bonds. The molecular formula is C22H20F3N3O4. The van der Waals surface area contributed by atoms with E-state index in [0.717, 1.165) is 6.20 Å². The summed E-state index contributed by atoms with van der Waals surface area (Å²) in [6, 6.07) is 12.3. The average molecular weight is 447 g/mol. The highest BCUT2D eigenvalue weighted by Gasteiger charge is 2.41. The van der Waals surface area contributed by atoms with E-state index >= 15 is 0 Å². The number of para-hydroxylation sites is 2. The lowest BCUT2D eigenvalue weighted by molar-refractivity contribution is -0.143. The molecule has 3 aromatic rings. The smallest absolute Gasteiger partial charge is 0.434 e.